The Kier molecular flexibility index (Phi) is 11.6. The number of benzene rings is 4. The highest BCUT2D eigenvalue weighted by Crippen LogP contribution is 2.41. The van der Waals surface area contributed by atoms with E-state index < -0.39 is 17.9 Å². The Morgan fingerprint density at radius 2 is 1.47 bits per heavy atom. The highest BCUT2D eigenvalue weighted by molar-refractivity contribution is 6.30. The third kappa shape index (κ3) is 9.33. The zero-order chi connectivity index (χ0) is 32.3. The van der Waals surface area contributed by atoms with Crippen molar-refractivity contribution in [2.75, 3.05) is 11.9 Å². The molecule has 9 heteroatoms. The second-order valence-electron chi connectivity index (χ2n) is 10.9. The maximum absolute atomic E-state index is 11.6. The Morgan fingerprint density at radius 1 is 0.800 bits per heavy atom. The van der Waals surface area contributed by atoms with Crippen molar-refractivity contribution in [3.8, 4) is 5.75 Å². The molecule has 0 aromatic heterocycles. The standard InChI is InChI=1S/C27H28ClNO3.C9H8O4/c28-21-11-9-20(10-12-21)16-26-24(18-27(30)31)23-17-22(13-14-25(23)29-26)32-15-5-4-8-19-6-2-1-3-7-19;1-5-6(8(10)11)3-2-4-7(5)9(12)13/h1-3,6-7,9-14,17,24,26,29H,4-5,8,15-16,18H2,(H,30,31);2-4H,1H3,(H,10,11)(H,12,13). The monoisotopic (exact) mass is 629 g/mol. The van der Waals surface area contributed by atoms with Crippen LogP contribution in [0.15, 0.2) is 91.0 Å². The third-order valence-corrected chi connectivity index (χ3v) is 8.03. The van der Waals surface area contributed by atoms with Gasteiger partial charge in [-0.05, 0) is 97.3 Å². The van der Waals surface area contributed by atoms with Crippen LogP contribution in [0.4, 0.5) is 5.69 Å². The maximum atomic E-state index is 11.6. The van der Waals surface area contributed by atoms with Crippen LogP contribution in [0.2, 0.25) is 5.02 Å². The molecule has 8 nitrogen and oxygen atoms in total. The minimum Gasteiger partial charge on any atom is -0.494 e. The Morgan fingerprint density at radius 3 is 2.09 bits per heavy atom. The van der Waals surface area contributed by atoms with Crippen molar-refractivity contribution in [2.24, 2.45) is 0 Å². The molecule has 0 amide bonds. The van der Waals surface area contributed by atoms with Crippen LogP contribution < -0.4 is 10.1 Å². The van der Waals surface area contributed by atoms with Crippen LogP contribution in [0.5, 0.6) is 5.75 Å². The minimum absolute atomic E-state index is 0.0170. The summed E-state index contributed by atoms with van der Waals surface area (Å²) in [7, 11) is 0. The molecule has 0 aliphatic carbocycles. The fourth-order valence-electron chi connectivity index (χ4n) is 5.46. The van der Waals surface area contributed by atoms with Gasteiger partial charge in [0.25, 0.3) is 0 Å². The molecule has 4 aromatic carbocycles. The van der Waals surface area contributed by atoms with E-state index in [9.17, 15) is 19.5 Å². The first kappa shape index (κ1) is 33.1. The predicted molar refractivity (Wildman–Crippen MR) is 174 cm³/mol. The van der Waals surface area contributed by atoms with Crippen LogP contribution in [0.3, 0.4) is 0 Å². The van der Waals surface area contributed by atoms with Gasteiger partial charge in [-0.2, -0.15) is 0 Å². The number of aryl methyl sites for hydroxylation is 1. The van der Waals surface area contributed by atoms with Crippen LogP contribution in [0.1, 0.15) is 68.2 Å². The molecule has 0 spiro atoms. The molecule has 0 fully saturated rings. The van der Waals surface area contributed by atoms with Gasteiger partial charge < -0.3 is 25.4 Å². The average Bonchev–Trinajstić information content (AvgIpc) is 3.34. The molecule has 4 aromatic rings. The van der Waals surface area contributed by atoms with Gasteiger partial charge in [0.15, 0.2) is 0 Å². The number of hydrogen-bond donors (Lipinski definition) is 4. The summed E-state index contributed by atoms with van der Waals surface area (Å²) in [4.78, 5) is 32.8. The number of ether oxygens (including phenoxy) is 1. The number of aliphatic carboxylic acids is 1. The first-order valence-corrected chi connectivity index (χ1v) is 15.1. The van der Waals surface area contributed by atoms with Gasteiger partial charge in [0, 0.05) is 22.7 Å². The number of anilines is 1. The molecule has 5 rings (SSSR count). The molecule has 1 aliphatic heterocycles. The Balaban J connectivity index is 0.000000297. The summed E-state index contributed by atoms with van der Waals surface area (Å²) in [5.74, 6) is -2.33. The van der Waals surface area contributed by atoms with Gasteiger partial charge in [-0.25, -0.2) is 9.59 Å². The largest absolute Gasteiger partial charge is 0.494 e. The number of carbonyl (C=O) groups is 3. The molecule has 45 heavy (non-hydrogen) atoms. The molecule has 1 aliphatic rings. The second-order valence-corrected chi connectivity index (χ2v) is 11.4. The Hall–Kier alpha value is -4.82. The molecule has 0 radical (unpaired) electrons. The summed E-state index contributed by atoms with van der Waals surface area (Å²) in [5.41, 5.74) is 4.83. The van der Waals surface area contributed by atoms with Crippen molar-refractivity contribution in [3.05, 3.63) is 129 Å². The average molecular weight is 630 g/mol. The summed E-state index contributed by atoms with van der Waals surface area (Å²) in [6, 6.07) is 28.4. The molecule has 4 N–H and O–H groups in total. The van der Waals surface area contributed by atoms with Crippen molar-refractivity contribution in [2.45, 2.75) is 51.0 Å². The van der Waals surface area contributed by atoms with E-state index in [4.69, 9.17) is 26.6 Å². The molecular formula is C36H36ClNO7. The van der Waals surface area contributed by atoms with E-state index in [1.807, 2.05) is 48.5 Å². The summed E-state index contributed by atoms with van der Waals surface area (Å²) in [5, 5.41) is 31.1. The van der Waals surface area contributed by atoms with Gasteiger partial charge in [0.1, 0.15) is 5.75 Å². The van der Waals surface area contributed by atoms with E-state index in [0.717, 1.165) is 48.2 Å². The lowest BCUT2D eigenvalue weighted by Crippen LogP contribution is -2.25. The molecule has 2 unspecified atom stereocenters. The fraction of sp³-hybridized carbons (Fsp3) is 0.250. The van der Waals surface area contributed by atoms with Crippen LogP contribution in [-0.4, -0.2) is 45.9 Å². The van der Waals surface area contributed by atoms with Gasteiger partial charge in [-0.3, -0.25) is 4.79 Å². The van der Waals surface area contributed by atoms with Crippen molar-refractivity contribution < 1.29 is 34.4 Å². The number of carboxylic acid groups (broad SMARTS) is 3. The number of halogens is 1. The van der Waals surface area contributed by atoms with Crippen LogP contribution in [-0.2, 0) is 17.6 Å². The van der Waals surface area contributed by atoms with E-state index in [-0.39, 0.29) is 35.1 Å². The highest BCUT2D eigenvalue weighted by atomic mass is 35.5. The second kappa shape index (κ2) is 15.8. The topological polar surface area (TPSA) is 133 Å². The Bertz CT molecular complexity index is 1590. The molecule has 0 saturated heterocycles. The third-order valence-electron chi connectivity index (χ3n) is 7.78. The summed E-state index contributed by atoms with van der Waals surface area (Å²) >= 11 is 6.00. The molecule has 1 heterocycles. The van der Waals surface area contributed by atoms with Gasteiger partial charge in [0.05, 0.1) is 24.2 Å². The number of rotatable bonds is 12. The number of hydrogen-bond acceptors (Lipinski definition) is 5. The zero-order valence-electron chi connectivity index (χ0n) is 24.9. The quantitative estimate of drug-likeness (QED) is 0.117. The van der Waals surface area contributed by atoms with E-state index in [2.05, 4.69) is 29.6 Å². The fourth-order valence-corrected chi connectivity index (χ4v) is 5.58. The number of unbranched alkanes of at least 4 members (excludes halogenated alkanes) is 1. The van der Waals surface area contributed by atoms with Crippen molar-refractivity contribution in [1.82, 2.24) is 0 Å². The maximum Gasteiger partial charge on any atom is 0.335 e. The van der Waals surface area contributed by atoms with Crippen molar-refractivity contribution >= 4 is 35.2 Å². The molecular weight excluding hydrogens is 594 g/mol. The lowest BCUT2D eigenvalue weighted by Gasteiger charge is -2.19. The van der Waals surface area contributed by atoms with Crippen molar-refractivity contribution in [1.29, 1.82) is 0 Å². The van der Waals surface area contributed by atoms with E-state index in [0.29, 0.717) is 11.6 Å². The predicted octanol–water partition coefficient (Wildman–Crippen LogP) is 7.73. The first-order valence-electron chi connectivity index (χ1n) is 14.7. The molecule has 234 valence electrons. The summed E-state index contributed by atoms with van der Waals surface area (Å²) in [6.07, 6.45) is 3.91. The number of aromatic carboxylic acids is 2. The van der Waals surface area contributed by atoms with Crippen molar-refractivity contribution in [3.63, 3.8) is 0 Å². The normalized spacial score (nSPS) is 14.8. The van der Waals surface area contributed by atoms with E-state index in [1.54, 1.807) is 0 Å². The number of nitrogens with one attached hydrogen (secondary N) is 1. The van der Waals surface area contributed by atoms with Gasteiger partial charge in [-0.15, -0.1) is 0 Å². The molecule has 0 saturated carbocycles. The van der Waals surface area contributed by atoms with E-state index in [1.165, 1.54) is 30.7 Å². The van der Waals surface area contributed by atoms with E-state index >= 15 is 0 Å². The SMILES string of the molecule is Cc1c(C(=O)O)cccc1C(=O)O.O=C(O)CC1c2cc(OCCCCc3ccccc3)ccc2NC1Cc1ccc(Cl)cc1. The summed E-state index contributed by atoms with van der Waals surface area (Å²) in [6.45, 7) is 2.13. The number of carboxylic acids is 3. The van der Waals surface area contributed by atoms with Crippen LogP contribution in [0, 0.1) is 6.92 Å². The lowest BCUT2D eigenvalue weighted by atomic mass is 9.88. The van der Waals surface area contributed by atoms with Crippen LogP contribution >= 0.6 is 11.6 Å². The molecule has 2 atom stereocenters. The minimum atomic E-state index is -1.11. The van der Waals surface area contributed by atoms with Gasteiger partial charge in [-0.1, -0.05) is 60.1 Å². The van der Waals surface area contributed by atoms with Gasteiger partial charge >= 0.3 is 17.9 Å². The summed E-state index contributed by atoms with van der Waals surface area (Å²) < 4.78 is 6.00. The highest BCUT2D eigenvalue weighted by Gasteiger charge is 2.34. The zero-order valence-corrected chi connectivity index (χ0v) is 25.7. The Labute approximate surface area is 267 Å². The van der Waals surface area contributed by atoms with Gasteiger partial charge in [0.2, 0.25) is 0 Å². The lowest BCUT2D eigenvalue weighted by molar-refractivity contribution is -0.137. The number of fused-ring (bicyclic) bond motifs is 1. The first-order chi connectivity index (χ1) is 21.6. The molecule has 0 bridgehead atoms. The van der Waals surface area contributed by atoms with Crippen LogP contribution in [0.25, 0.3) is 0 Å². The smallest absolute Gasteiger partial charge is 0.335 e.